The third-order valence-corrected chi connectivity index (χ3v) is 6.97. The van der Waals surface area contributed by atoms with Crippen LogP contribution < -0.4 is 4.74 Å². The lowest BCUT2D eigenvalue weighted by molar-refractivity contribution is 0.111. The van der Waals surface area contributed by atoms with Crippen LogP contribution in [0.1, 0.15) is 85.2 Å². The fourth-order valence-corrected chi connectivity index (χ4v) is 4.41. The van der Waals surface area contributed by atoms with Crippen LogP contribution in [0, 0.1) is 11.8 Å². The third kappa shape index (κ3) is 7.28. The van der Waals surface area contributed by atoms with Crippen molar-refractivity contribution in [1.82, 2.24) is 0 Å². The number of aldehydes is 2. The van der Waals surface area contributed by atoms with E-state index >= 15 is 0 Å². The van der Waals surface area contributed by atoms with Gasteiger partial charge in [0.05, 0.1) is 0 Å². The molecule has 0 saturated heterocycles. The minimum absolute atomic E-state index is 0.564. The molecule has 0 aliphatic carbocycles. The molecule has 0 radical (unpaired) electrons. The van der Waals surface area contributed by atoms with Crippen LogP contribution in [0.3, 0.4) is 0 Å². The van der Waals surface area contributed by atoms with Gasteiger partial charge in [-0.25, -0.2) is 0 Å². The molecule has 2 unspecified atom stereocenters. The highest BCUT2D eigenvalue weighted by atomic mass is 79.9. The van der Waals surface area contributed by atoms with E-state index in [1.54, 1.807) is 0 Å². The molecule has 0 aliphatic heterocycles. The van der Waals surface area contributed by atoms with Crippen LogP contribution in [0.15, 0.2) is 33.2 Å². The Labute approximate surface area is 203 Å². The molecule has 2 aromatic rings. The van der Waals surface area contributed by atoms with Crippen molar-refractivity contribution in [3.8, 4) is 11.5 Å². The van der Waals surface area contributed by atoms with Crippen molar-refractivity contribution in [2.24, 2.45) is 11.8 Å². The molecule has 0 fully saturated rings. The molecular weight excluding hydrogens is 520 g/mol. The zero-order chi connectivity index (χ0) is 23.0. The van der Waals surface area contributed by atoms with Gasteiger partial charge in [0.2, 0.25) is 0 Å². The van der Waals surface area contributed by atoms with Gasteiger partial charge in [-0.15, -0.1) is 0 Å². The molecular formula is C26H32Br2O3. The Kier molecular flexibility index (Phi) is 10.4. The molecule has 168 valence electrons. The van der Waals surface area contributed by atoms with Gasteiger partial charge in [0, 0.05) is 31.2 Å². The number of halogens is 2. The van der Waals surface area contributed by atoms with Crippen molar-refractivity contribution in [2.45, 2.75) is 66.2 Å². The second kappa shape index (κ2) is 12.5. The van der Waals surface area contributed by atoms with Gasteiger partial charge in [-0.2, -0.15) is 0 Å². The summed E-state index contributed by atoms with van der Waals surface area (Å²) in [6.45, 7) is 8.79. The van der Waals surface area contributed by atoms with Crippen molar-refractivity contribution in [3.63, 3.8) is 0 Å². The van der Waals surface area contributed by atoms with Crippen LogP contribution in [0.2, 0.25) is 0 Å². The molecule has 31 heavy (non-hydrogen) atoms. The summed E-state index contributed by atoms with van der Waals surface area (Å²) in [5.41, 5.74) is 3.11. The highest BCUT2D eigenvalue weighted by Crippen LogP contribution is 2.37. The molecule has 0 N–H and O–H groups in total. The number of hydrogen-bond acceptors (Lipinski definition) is 3. The highest BCUT2D eigenvalue weighted by Gasteiger charge is 2.18. The second-order valence-electron chi connectivity index (χ2n) is 8.39. The van der Waals surface area contributed by atoms with Gasteiger partial charge in [-0.1, -0.05) is 72.4 Å². The Morgan fingerprint density at radius 1 is 0.774 bits per heavy atom. The molecule has 0 heterocycles. The van der Waals surface area contributed by atoms with Gasteiger partial charge in [-0.05, 0) is 61.8 Å². The normalized spacial score (nSPS) is 13.0. The molecule has 2 rings (SSSR count). The van der Waals surface area contributed by atoms with Crippen molar-refractivity contribution >= 4 is 44.4 Å². The average molecular weight is 552 g/mol. The first-order valence-corrected chi connectivity index (χ1v) is 12.6. The van der Waals surface area contributed by atoms with Gasteiger partial charge in [0.1, 0.15) is 11.5 Å². The van der Waals surface area contributed by atoms with Gasteiger partial charge in [-0.3, -0.25) is 9.59 Å². The van der Waals surface area contributed by atoms with E-state index in [4.69, 9.17) is 4.74 Å². The molecule has 2 aromatic carbocycles. The molecule has 0 saturated carbocycles. The van der Waals surface area contributed by atoms with E-state index in [0.29, 0.717) is 34.5 Å². The molecule has 0 bridgehead atoms. The number of carbonyl (C=O) groups is 2. The van der Waals surface area contributed by atoms with Crippen molar-refractivity contribution in [1.29, 1.82) is 0 Å². The summed E-state index contributed by atoms with van der Waals surface area (Å²) in [5, 5.41) is 0. The first-order valence-electron chi connectivity index (χ1n) is 11.1. The first kappa shape index (κ1) is 25.8. The van der Waals surface area contributed by atoms with E-state index < -0.39 is 0 Å². The predicted octanol–water partition coefficient (Wildman–Crippen LogP) is 8.59. The van der Waals surface area contributed by atoms with E-state index in [-0.39, 0.29) is 0 Å². The second-order valence-corrected chi connectivity index (χ2v) is 10.2. The maximum Gasteiger partial charge on any atom is 0.150 e. The number of ether oxygens (including phenoxy) is 1. The lowest BCUT2D eigenvalue weighted by Gasteiger charge is -2.19. The molecule has 0 aliphatic rings. The summed E-state index contributed by atoms with van der Waals surface area (Å²) in [4.78, 5) is 23.6. The fourth-order valence-electron chi connectivity index (χ4n) is 3.50. The van der Waals surface area contributed by atoms with E-state index in [9.17, 15) is 9.59 Å². The average Bonchev–Trinajstić information content (AvgIpc) is 2.76. The van der Waals surface area contributed by atoms with Crippen LogP contribution in [-0.2, 0) is 12.8 Å². The zero-order valence-corrected chi connectivity index (χ0v) is 22.0. The molecule has 5 heteroatoms. The SMILES string of the molecule is CCC(C)CCc1c(C=O)cc(Br)cc1Oc1cc(Br)cc(C=O)c1CCC(C)CC. The number of benzene rings is 2. The molecule has 0 aromatic heterocycles. The summed E-state index contributed by atoms with van der Waals surface area (Å²) in [6.07, 6.45) is 7.47. The van der Waals surface area contributed by atoms with Gasteiger partial charge >= 0.3 is 0 Å². The van der Waals surface area contributed by atoms with E-state index in [1.807, 2.05) is 24.3 Å². The Balaban J connectivity index is 2.51. The summed E-state index contributed by atoms with van der Waals surface area (Å²) < 4.78 is 8.03. The zero-order valence-electron chi connectivity index (χ0n) is 18.8. The minimum Gasteiger partial charge on any atom is -0.457 e. The monoisotopic (exact) mass is 550 g/mol. The summed E-state index contributed by atoms with van der Waals surface area (Å²) in [5.74, 6) is 2.46. The van der Waals surface area contributed by atoms with E-state index in [0.717, 1.165) is 71.2 Å². The standard InChI is InChI=1S/C26H32Br2O3/c1-5-17(3)7-9-23-19(15-29)11-21(27)13-25(23)31-26-14-22(28)12-20(16-30)24(26)10-8-18(4)6-2/h11-18H,5-10H2,1-4H3. The minimum atomic E-state index is 0.564. The maximum absolute atomic E-state index is 11.8. The number of hydrogen-bond donors (Lipinski definition) is 0. The maximum atomic E-state index is 11.8. The first-order chi connectivity index (χ1) is 14.8. The van der Waals surface area contributed by atoms with Crippen LogP contribution in [0.5, 0.6) is 11.5 Å². The summed E-state index contributed by atoms with van der Waals surface area (Å²) in [6, 6.07) is 7.51. The predicted molar refractivity (Wildman–Crippen MR) is 135 cm³/mol. The van der Waals surface area contributed by atoms with Crippen LogP contribution in [0.25, 0.3) is 0 Å². The van der Waals surface area contributed by atoms with E-state index in [1.165, 1.54) is 0 Å². The highest BCUT2D eigenvalue weighted by molar-refractivity contribution is 9.10. The Bertz CT molecular complexity index is 835. The Morgan fingerprint density at radius 2 is 1.16 bits per heavy atom. The van der Waals surface area contributed by atoms with E-state index in [2.05, 4.69) is 59.6 Å². The topological polar surface area (TPSA) is 43.4 Å². The number of rotatable bonds is 12. The van der Waals surface area contributed by atoms with Crippen molar-refractivity contribution in [3.05, 3.63) is 55.5 Å². The van der Waals surface area contributed by atoms with Crippen LogP contribution in [0.4, 0.5) is 0 Å². The van der Waals surface area contributed by atoms with Gasteiger partial charge in [0.15, 0.2) is 12.6 Å². The van der Waals surface area contributed by atoms with Gasteiger partial charge in [0.25, 0.3) is 0 Å². The summed E-state index contributed by atoms with van der Waals surface area (Å²) in [7, 11) is 0. The fraction of sp³-hybridized carbons (Fsp3) is 0.462. The van der Waals surface area contributed by atoms with Gasteiger partial charge < -0.3 is 4.74 Å². The molecule has 0 spiro atoms. The lowest BCUT2D eigenvalue weighted by Crippen LogP contribution is -2.05. The Hall–Kier alpha value is -1.46. The van der Waals surface area contributed by atoms with Crippen molar-refractivity contribution in [2.75, 3.05) is 0 Å². The molecule has 0 amide bonds. The quantitative estimate of drug-likeness (QED) is 0.248. The molecule has 2 atom stereocenters. The molecule has 3 nitrogen and oxygen atoms in total. The lowest BCUT2D eigenvalue weighted by atomic mass is 9.95. The van der Waals surface area contributed by atoms with Crippen LogP contribution in [-0.4, -0.2) is 12.6 Å². The van der Waals surface area contributed by atoms with Crippen LogP contribution >= 0.6 is 31.9 Å². The Morgan fingerprint density at radius 3 is 1.48 bits per heavy atom. The summed E-state index contributed by atoms with van der Waals surface area (Å²) >= 11 is 7.02. The smallest absolute Gasteiger partial charge is 0.150 e. The largest absolute Gasteiger partial charge is 0.457 e. The number of carbonyl (C=O) groups excluding carboxylic acids is 2. The van der Waals surface area contributed by atoms with Crippen molar-refractivity contribution < 1.29 is 14.3 Å². The third-order valence-electron chi connectivity index (χ3n) is 6.06.